The van der Waals surface area contributed by atoms with Crippen LogP contribution in [0.1, 0.15) is 56.4 Å². The molecule has 1 aromatic carbocycles. The first kappa shape index (κ1) is 29.0. The summed E-state index contributed by atoms with van der Waals surface area (Å²) in [7, 11) is 0.938. The van der Waals surface area contributed by atoms with Crippen molar-refractivity contribution in [3.05, 3.63) is 69.3 Å². The summed E-state index contributed by atoms with van der Waals surface area (Å²) >= 11 is 0. The fourth-order valence-corrected chi connectivity index (χ4v) is 4.21. The van der Waals surface area contributed by atoms with E-state index in [2.05, 4.69) is 30.6 Å². The molecule has 0 bridgehead atoms. The van der Waals surface area contributed by atoms with Crippen LogP contribution < -0.4 is 20.9 Å². The van der Waals surface area contributed by atoms with Gasteiger partial charge in [0, 0.05) is 24.6 Å². The lowest BCUT2D eigenvalue weighted by Gasteiger charge is -2.38. The molecule has 1 aliphatic rings. The summed E-state index contributed by atoms with van der Waals surface area (Å²) in [5, 5.41) is 43.2. The number of halogens is 1. The second kappa shape index (κ2) is 13.1. The molecule has 18 heteroatoms. The fraction of sp³-hybridized carbons (Fsp3) is 0.444. The van der Waals surface area contributed by atoms with Crippen LogP contribution in [-0.4, -0.2) is 90.7 Å². The number of aliphatic hydroxyl groups excluding tert-OH is 3. The van der Waals surface area contributed by atoms with Gasteiger partial charge in [-0.05, 0) is 31.5 Å². The molecule has 17 nitrogen and oxygen atoms in total. The van der Waals surface area contributed by atoms with Crippen molar-refractivity contribution >= 4 is 17.8 Å². The van der Waals surface area contributed by atoms with Gasteiger partial charge in [0.05, 0.1) is 12.6 Å². The van der Waals surface area contributed by atoms with E-state index >= 15 is 0 Å². The molecule has 5 atom stereocenters. The van der Waals surface area contributed by atoms with Gasteiger partial charge in [-0.3, -0.25) is 19.0 Å². The number of esters is 1. The third-order valence-electron chi connectivity index (χ3n) is 6.57. The van der Waals surface area contributed by atoms with Crippen molar-refractivity contribution in [3.8, 4) is 5.75 Å². The zero-order valence-corrected chi connectivity index (χ0v) is 24.2. The zero-order valence-electron chi connectivity index (χ0n) is 27.2. The summed E-state index contributed by atoms with van der Waals surface area (Å²) in [4.78, 5) is 56.8. The number of hydrogen-bond acceptors (Lipinski definition) is 14. The predicted octanol–water partition coefficient (Wildman–Crippen LogP) is -1.43. The van der Waals surface area contributed by atoms with Crippen molar-refractivity contribution in [3.63, 3.8) is 0 Å². The number of amides is 2. The van der Waals surface area contributed by atoms with Gasteiger partial charge in [0.25, 0.3) is 11.5 Å². The standard InChI is InChI=1S/C27H31FN6O11/c1-11-32-33-22(43-11)21(39)31-27(2,3)26-30-14(20(38)29-10-12-6-8-13(28)9-7-12)18(23(40)34(26)4)44-25-17(37)15(35)16(36)19(45-25)24(41)42-5/h6-9,15-17,19,25,35-37H,10H2,1-5H3,(H,29,38)(H,31,39)/t15?,16-,17?,19-,25+/m0/s1/i4D3. The Morgan fingerprint density at radius 1 is 1.11 bits per heavy atom. The molecule has 45 heavy (non-hydrogen) atoms. The maximum absolute atomic E-state index is 14.0. The van der Waals surface area contributed by atoms with Gasteiger partial charge in [-0.25, -0.2) is 14.2 Å². The number of rotatable bonds is 9. The maximum atomic E-state index is 14.0. The highest BCUT2D eigenvalue weighted by molar-refractivity contribution is 5.95. The Balaban J connectivity index is 1.85. The van der Waals surface area contributed by atoms with Gasteiger partial charge in [0.15, 0.2) is 11.8 Å². The molecule has 2 unspecified atom stereocenters. The first-order chi connectivity index (χ1) is 22.3. The number of ether oxygens (including phenoxy) is 3. The molecule has 242 valence electrons. The fourth-order valence-electron chi connectivity index (χ4n) is 4.21. The molecule has 5 N–H and O–H groups in total. The van der Waals surface area contributed by atoms with Gasteiger partial charge < -0.3 is 44.6 Å². The van der Waals surface area contributed by atoms with Gasteiger partial charge in [0.1, 0.15) is 30.0 Å². The van der Waals surface area contributed by atoms with Crippen molar-refractivity contribution in [1.29, 1.82) is 0 Å². The van der Waals surface area contributed by atoms with E-state index < -0.39 is 95.5 Å². The molecule has 0 aliphatic carbocycles. The zero-order chi connectivity index (χ0) is 35.7. The second-order valence-corrected chi connectivity index (χ2v) is 10.3. The summed E-state index contributed by atoms with van der Waals surface area (Å²) in [5.41, 5.74) is -3.91. The van der Waals surface area contributed by atoms with Crippen molar-refractivity contribution in [2.24, 2.45) is 6.98 Å². The molecule has 4 rings (SSSR count). The highest BCUT2D eigenvalue weighted by Gasteiger charge is 2.49. The molecule has 0 spiro atoms. The highest BCUT2D eigenvalue weighted by atomic mass is 19.1. The van der Waals surface area contributed by atoms with Crippen LogP contribution in [0.2, 0.25) is 0 Å². The lowest BCUT2D eigenvalue weighted by atomic mass is 9.99. The number of hydrogen-bond donors (Lipinski definition) is 5. The number of nitrogens with one attached hydrogen (secondary N) is 2. The van der Waals surface area contributed by atoms with Gasteiger partial charge in [-0.1, -0.05) is 12.1 Å². The summed E-state index contributed by atoms with van der Waals surface area (Å²) < 4.78 is 58.2. The number of aromatic nitrogens is 4. The van der Waals surface area contributed by atoms with E-state index in [0.29, 0.717) is 5.56 Å². The summed E-state index contributed by atoms with van der Waals surface area (Å²) in [6.45, 7) is 0.321. The Kier molecular flexibility index (Phi) is 8.41. The first-order valence-electron chi connectivity index (χ1n) is 14.6. The largest absolute Gasteiger partial charge is 0.467 e. The van der Waals surface area contributed by atoms with Crippen LogP contribution in [0.15, 0.2) is 33.5 Å². The molecular weight excluding hydrogens is 603 g/mol. The minimum absolute atomic E-state index is 0.0382. The Morgan fingerprint density at radius 2 is 1.80 bits per heavy atom. The van der Waals surface area contributed by atoms with Gasteiger partial charge in [-0.15, -0.1) is 10.2 Å². The average molecular weight is 638 g/mol. The molecule has 3 aromatic rings. The lowest BCUT2D eigenvalue weighted by Crippen LogP contribution is -2.61. The smallest absolute Gasteiger partial charge is 0.337 e. The van der Waals surface area contributed by atoms with E-state index in [1.54, 1.807) is 0 Å². The van der Waals surface area contributed by atoms with Crippen molar-refractivity contribution in [1.82, 2.24) is 30.4 Å². The quantitative estimate of drug-likeness (QED) is 0.169. The summed E-state index contributed by atoms with van der Waals surface area (Å²) in [6, 6.07) is 4.95. The Hall–Kier alpha value is -4.78. The Morgan fingerprint density at radius 3 is 2.40 bits per heavy atom. The van der Waals surface area contributed by atoms with E-state index in [0.717, 1.165) is 19.2 Å². The number of carbonyl (C=O) groups excluding carboxylic acids is 3. The van der Waals surface area contributed by atoms with Crippen LogP contribution in [0.3, 0.4) is 0 Å². The van der Waals surface area contributed by atoms with Gasteiger partial charge in [0.2, 0.25) is 17.9 Å². The number of benzene rings is 1. The normalized spacial score (nSPS) is 22.8. The molecule has 0 saturated carbocycles. The van der Waals surface area contributed by atoms with Gasteiger partial charge in [-0.2, -0.15) is 0 Å². The summed E-state index contributed by atoms with van der Waals surface area (Å²) in [5.74, 6) is -6.20. The van der Waals surface area contributed by atoms with Crippen molar-refractivity contribution in [2.75, 3.05) is 7.11 Å². The third kappa shape index (κ3) is 6.98. The predicted molar refractivity (Wildman–Crippen MR) is 146 cm³/mol. The van der Waals surface area contributed by atoms with E-state index in [1.165, 1.54) is 32.9 Å². The molecule has 1 fully saturated rings. The first-order valence-corrected chi connectivity index (χ1v) is 13.1. The minimum atomic E-state index is -3.35. The van der Waals surface area contributed by atoms with Gasteiger partial charge >= 0.3 is 17.8 Å². The highest BCUT2D eigenvalue weighted by Crippen LogP contribution is 2.27. The molecular formula is C27H31FN6O11. The second-order valence-electron chi connectivity index (χ2n) is 10.3. The van der Waals surface area contributed by atoms with E-state index in [-0.39, 0.29) is 17.0 Å². The molecule has 1 aliphatic heterocycles. The molecule has 3 heterocycles. The van der Waals surface area contributed by atoms with E-state index in [9.17, 15) is 38.9 Å². The number of aryl methyl sites for hydroxylation is 1. The van der Waals surface area contributed by atoms with Crippen LogP contribution in [-0.2, 0) is 33.3 Å². The van der Waals surface area contributed by atoms with Crippen LogP contribution in [0, 0.1) is 12.7 Å². The number of aliphatic hydroxyl groups is 3. The SMILES string of the molecule is [2H]C([2H])([2H])n1c(C(C)(C)NC(=O)c2nnc(C)o2)nc(C(=O)NCc2ccc(F)cc2)c(O[C@@H]2O[C@H](C(=O)OC)[C@@H](O)C(O)C2O)c1=O. The minimum Gasteiger partial charge on any atom is -0.467 e. The summed E-state index contributed by atoms with van der Waals surface area (Å²) in [6.07, 6.45) is -10.4. The number of methoxy groups -OCH3 is 1. The molecule has 2 aromatic heterocycles. The van der Waals surface area contributed by atoms with Crippen LogP contribution in [0.4, 0.5) is 4.39 Å². The molecule has 2 amide bonds. The van der Waals surface area contributed by atoms with E-state index in [1.807, 2.05) is 0 Å². The van der Waals surface area contributed by atoms with Crippen LogP contribution >= 0.6 is 0 Å². The van der Waals surface area contributed by atoms with E-state index in [4.69, 9.17) is 18.0 Å². The number of carbonyl (C=O) groups is 3. The van der Waals surface area contributed by atoms with Crippen molar-refractivity contribution < 1.29 is 56.8 Å². The van der Waals surface area contributed by atoms with Crippen molar-refractivity contribution in [2.45, 2.75) is 63.6 Å². The number of nitrogens with zero attached hydrogens (tertiary/aromatic N) is 4. The maximum Gasteiger partial charge on any atom is 0.337 e. The molecule has 0 radical (unpaired) electrons. The molecule has 1 saturated heterocycles. The van der Waals surface area contributed by atoms with Crippen LogP contribution in [0.25, 0.3) is 0 Å². The topological polar surface area (TPSA) is 237 Å². The third-order valence-corrected chi connectivity index (χ3v) is 6.57. The lowest BCUT2D eigenvalue weighted by molar-refractivity contribution is -0.272. The Bertz CT molecular complexity index is 1750. The van der Waals surface area contributed by atoms with Crippen LogP contribution in [0.5, 0.6) is 5.75 Å². The Labute approximate surface area is 258 Å². The monoisotopic (exact) mass is 637 g/mol. The average Bonchev–Trinajstić information content (AvgIpc) is 3.46.